The fourth-order valence-electron chi connectivity index (χ4n) is 1.93. The Morgan fingerprint density at radius 1 is 1.64 bits per heavy atom. The summed E-state index contributed by atoms with van der Waals surface area (Å²) in [6, 6.07) is 0.342. The molecule has 2 atom stereocenters. The Morgan fingerprint density at radius 2 is 2.43 bits per heavy atom. The van der Waals surface area contributed by atoms with Crippen LogP contribution in [0.5, 0.6) is 0 Å². The molecule has 1 fully saturated rings. The van der Waals surface area contributed by atoms with Gasteiger partial charge in [0, 0.05) is 31.1 Å². The van der Waals surface area contributed by atoms with Crippen LogP contribution in [-0.2, 0) is 6.54 Å². The van der Waals surface area contributed by atoms with Crippen LogP contribution in [0.1, 0.15) is 17.6 Å². The Morgan fingerprint density at radius 3 is 2.93 bits per heavy atom. The highest BCUT2D eigenvalue weighted by Crippen LogP contribution is 2.18. The average Bonchev–Trinajstić information content (AvgIpc) is 2.62. The number of hydrogen-bond donors (Lipinski definition) is 1. The second-order valence-electron chi connectivity index (χ2n) is 4.19. The standard InChI is InChI=1S/C10H17N3S/c1-7-3-13(5-10(7)11)4-9-6-14-8(2)12-9/h6-7,10H,3-5,11H2,1-2H3. The molecule has 14 heavy (non-hydrogen) atoms. The summed E-state index contributed by atoms with van der Waals surface area (Å²) in [7, 11) is 0. The number of nitrogens with two attached hydrogens (primary N) is 1. The first-order chi connectivity index (χ1) is 6.65. The van der Waals surface area contributed by atoms with E-state index in [2.05, 4.69) is 22.2 Å². The lowest BCUT2D eigenvalue weighted by Crippen LogP contribution is -2.28. The van der Waals surface area contributed by atoms with Crippen LogP contribution < -0.4 is 5.73 Å². The molecule has 2 rings (SSSR count). The summed E-state index contributed by atoms with van der Waals surface area (Å²) in [5, 5.41) is 3.29. The number of rotatable bonds is 2. The molecule has 2 N–H and O–H groups in total. The van der Waals surface area contributed by atoms with Gasteiger partial charge in [-0.25, -0.2) is 4.98 Å². The predicted molar refractivity (Wildman–Crippen MR) is 59.3 cm³/mol. The van der Waals surface area contributed by atoms with Gasteiger partial charge in [0.25, 0.3) is 0 Å². The van der Waals surface area contributed by atoms with E-state index in [0.717, 1.165) is 24.6 Å². The highest BCUT2D eigenvalue weighted by molar-refractivity contribution is 7.09. The summed E-state index contributed by atoms with van der Waals surface area (Å²) in [5.41, 5.74) is 7.16. The van der Waals surface area contributed by atoms with Gasteiger partial charge in [-0.2, -0.15) is 0 Å². The number of nitrogens with zero attached hydrogens (tertiary/aromatic N) is 2. The maximum absolute atomic E-state index is 5.97. The minimum absolute atomic E-state index is 0.342. The van der Waals surface area contributed by atoms with Crippen molar-refractivity contribution < 1.29 is 0 Å². The van der Waals surface area contributed by atoms with Gasteiger partial charge in [0.15, 0.2) is 0 Å². The predicted octanol–water partition coefficient (Wildman–Crippen LogP) is 1.23. The molecule has 78 valence electrons. The van der Waals surface area contributed by atoms with E-state index >= 15 is 0 Å². The quantitative estimate of drug-likeness (QED) is 0.800. The molecule has 1 aliphatic heterocycles. The maximum Gasteiger partial charge on any atom is 0.0897 e. The zero-order valence-electron chi connectivity index (χ0n) is 8.73. The molecular formula is C10H17N3S. The van der Waals surface area contributed by atoms with Crippen molar-refractivity contribution in [1.82, 2.24) is 9.88 Å². The van der Waals surface area contributed by atoms with Crippen LogP contribution in [0.4, 0.5) is 0 Å². The first-order valence-electron chi connectivity index (χ1n) is 5.04. The Bertz CT molecular complexity index is 300. The zero-order chi connectivity index (χ0) is 10.1. The molecule has 2 unspecified atom stereocenters. The minimum atomic E-state index is 0.342. The third kappa shape index (κ3) is 2.13. The summed E-state index contributed by atoms with van der Waals surface area (Å²) in [4.78, 5) is 6.85. The van der Waals surface area contributed by atoms with Crippen molar-refractivity contribution in [2.75, 3.05) is 13.1 Å². The molecule has 2 heterocycles. The fraction of sp³-hybridized carbons (Fsp3) is 0.700. The molecule has 0 amide bonds. The van der Waals surface area contributed by atoms with Crippen molar-refractivity contribution in [3.05, 3.63) is 16.1 Å². The van der Waals surface area contributed by atoms with E-state index in [9.17, 15) is 0 Å². The van der Waals surface area contributed by atoms with Gasteiger partial charge in [-0.1, -0.05) is 6.92 Å². The van der Waals surface area contributed by atoms with E-state index in [1.807, 2.05) is 6.92 Å². The second kappa shape index (κ2) is 3.96. The van der Waals surface area contributed by atoms with Crippen LogP contribution in [0.15, 0.2) is 5.38 Å². The molecule has 0 spiro atoms. The van der Waals surface area contributed by atoms with Crippen molar-refractivity contribution >= 4 is 11.3 Å². The Kier molecular flexibility index (Phi) is 2.85. The number of aryl methyl sites for hydroxylation is 1. The van der Waals surface area contributed by atoms with E-state index in [1.165, 1.54) is 5.69 Å². The molecule has 1 saturated heterocycles. The number of likely N-dealkylation sites (tertiary alicyclic amines) is 1. The lowest BCUT2D eigenvalue weighted by molar-refractivity contribution is 0.315. The smallest absolute Gasteiger partial charge is 0.0897 e. The lowest BCUT2D eigenvalue weighted by atomic mass is 10.1. The Hall–Kier alpha value is -0.450. The van der Waals surface area contributed by atoms with Gasteiger partial charge < -0.3 is 5.73 Å². The summed E-state index contributed by atoms with van der Waals surface area (Å²) in [6.07, 6.45) is 0. The van der Waals surface area contributed by atoms with Crippen LogP contribution in [0.2, 0.25) is 0 Å². The third-order valence-electron chi connectivity index (χ3n) is 2.80. The highest BCUT2D eigenvalue weighted by atomic mass is 32.1. The highest BCUT2D eigenvalue weighted by Gasteiger charge is 2.26. The summed E-state index contributed by atoms with van der Waals surface area (Å²) >= 11 is 1.72. The molecule has 4 heteroatoms. The minimum Gasteiger partial charge on any atom is -0.326 e. The molecule has 1 aromatic rings. The SMILES string of the molecule is Cc1nc(CN2CC(C)C(N)C2)cs1. The zero-order valence-corrected chi connectivity index (χ0v) is 9.55. The van der Waals surface area contributed by atoms with Crippen LogP contribution in [0.3, 0.4) is 0 Å². The van der Waals surface area contributed by atoms with Crippen LogP contribution in [0.25, 0.3) is 0 Å². The first kappa shape index (κ1) is 10.1. The third-order valence-corrected chi connectivity index (χ3v) is 3.62. The van der Waals surface area contributed by atoms with Gasteiger partial charge in [-0.3, -0.25) is 4.90 Å². The molecule has 0 saturated carbocycles. The molecule has 1 aliphatic rings. The number of hydrogen-bond acceptors (Lipinski definition) is 4. The first-order valence-corrected chi connectivity index (χ1v) is 5.92. The largest absolute Gasteiger partial charge is 0.326 e. The van der Waals surface area contributed by atoms with E-state index in [-0.39, 0.29) is 0 Å². The van der Waals surface area contributed by atoms with Crippen molar-refractivity contribution in [2.45, 2.75) is 26.4 Å². The van der Waals surface area contributed by atoms with Gasteiger partial charge in [0.2, 0.25) is 0 Å². The Labute approximate surface area is 88.9 Å². The van der Waals surface area contributed by atoms with Crippen molar-refractivity contribution in [3.8, 4) is 0 Å². The lowest BCUT2D eigenvalue weighted by Gasteiger charge is -2.12. The number of thiazole rings is 1. The molecule has 0 bridgehead atoms. The summed E-state index contributed by atoms with van der Waals surface area (Å²) in [5.74, 6) is 0.620. The second-order valence-corrected chi connectivity index (χ2v) is 5.26. The molecule has 0 radical (unpaired) electrons. The van der Waals surface area contributed by atoms with E-state index in [0.29, 0.717) is 12.0 Å². The fourth-order valence-corrected chi connectivity index (χ4v) is 2.54. The van der Waals surface area contributed by atoms with E-state index in [1.54, 1.807) is 11.3 Å². The molecule has 0 aliphatic carbocycles. The van der Waals surface area contributed by atoms with Gasteiger partial charge in [-0.05, 0) is 12.8 Å². The molecule has 1 aromatic heterocycles. The molecule has 3 nitrogen and oxygen atoms in total. The normalized spacial score (nSPS) is 28.5. The van der Waals surface area contributed by atoms with Crippen LogP contribution >= 0.6 is 11.3 Å². The Balaban J connectivity index is 1.93. The summed E-state index contributed by atoms with van der Waals surface area (Å²) in [6.45, 7) is 7.35. The van der Waals surface area contributed by atoms with Crippen molar-refractivity contribution in [1.29, 1.82) is 0 Å². The molecular weight excluding hydrogens is 194 g/mol. The van der Waals surface area contributed by atoms with Crippen molar-refractivity contribution in [3.63, 3.8) is 0 Å². The van der Waals surface area contributed by atoms with Gasteiger partial charge in [-0.15, -0.1) is 11.3 Å². The van der Waals surface area contributed by atoms with Gasteiger partial charge >= 0.3 is 0 Å². The molecule has 0 aromatic carbocycles. The summed E-state index contributed by atoms with van der Waals surface area (Å²) < 4.78 is 0. The van der Waals surface area contributed by atoms with Crippen LogP contribution in [0, 0.1) is 12.8 Å². The average molecular weight is 211 g/mol. The monoisotopic (exact) mass is 211 g/mol. The van der Waals surface area contributed by atoms with Gasteiger partial charge in [0.1, 0.15) is 0 Å². The van der Waals surface area contributed by atoms with E-state index in [4.69, 9.17) is 5.73 Å². The topological polar surface area (TPSA) is 42.2 Å². The van der Waals surface area contributed by atoms with Crippen molar-refractivity contribution in [2.24, 2.45) is 11.7 Å². The van der Waals surface area contributed by atoms with Gasteiger partial charge in [0.05, 0.1) is 10.7 Å². The number of aromatic nitrogens is 1. The van der Waals surface area contributed by atoms with E-state index < -0.39 is 0 Å². The van der Waals surface area contributed by atoms with Crippen LogP contribution in [-0.4, -0.2) is 29.0 Å². The maximum atomic E-state index is 5.97.